The molecular formula is C14H13NO4. The molecule has 5 heteroatoms. The van der Waals surface area contributed by atoms with Gasteiger partial charge in [0.2, 0.25) is 0 Å². The van der Waals surface area contributed by atoms with Crippen LogP contribution in [0.25, 0.3) is 0 Å². The molecule has 2 aromatic rings. The summed E-state index contributed by atoms with van der Waals surface area (Å²) in [5.74, 6) is -0.00124. The number of nitro benzene ring substituents is 1. The van der Waals surface area contributed by atoms with Crippen molar-refractivity contribution in [1.29, 1.82) is 0 Å². The average molecular weight is 259 g/mol. The van der Waals surface area contributed by atoms with Crippen molar-refractivity contribution in [2.24, 2.45) is 0 Å². The van der Waals surface area contributed by atoms with Crippen LogP contribution in [-0.2, 0) is 18.0 Å². The minimum absolute atomic E-state index is 0.00124. The molecule has 1 N–H and O–H groups in total. The van der Waals surface area contributed by atoms with E-state index in [1.807, 2.05) is 30.3 Å². The van der Waals surface area contributed by atoms with E-state index in [-0.39, 0.29) is 18.0 Å². The van der Waals surface area contributed by atoms with Gasteiger partial charge in [-0.1, -0.05) is 30.3 Å². The van der Waals surface area contributed by atoms with Gasteiger partial charge in [0.05, 0.1) is 18.1 Å². The largest absolute Gasteiger partial charge is 0.508 e. The van der Waals surface area contributed by atoms with E-state index in [9.17, 15) is 15.2 Å². The number of aromatic hydroxyl groups is 1. The van der Waals surface area contributed by atoms with Crippen LogP contribution in [0.3, 0.4) is 0 Å². The number of benzene rings is 2. The number of hydrogen-bond donors (Lipinski definition) is 1. The molecule has 98 valence electrons. The zero-order chi connectivity index (χ0) is 13.7. The summed E-state index contributed by atoms with van der Waals surface area (Å²) >= 11 is 0. The third-order valence-corrected chi connectivity index (χ3v) is 2.64. The molecule has 0 aliphatic carbocycles. The zero-order valence-electron chi connectivity index (χ0n) is 10.2. The first-order chi connectivity index (χ1) is 9.16. The van der Waals surface area contributed by atoms with Crippen LogP contribution < -0.4 is 0 Å². The number of phenolic OH excluding ortho intramolecular Hbond substituents is 1. The first kappa shape index (κ1) is 13.0. The number of nitro groups is 1. The Kier molecular flexibility index (Phi) is 4.10. The molecule has 0 aliphatic rings. The second kappa shape index (κ2) is 5.97. The summed E-state index contributed by atoms with van der Waals surface area (Å²) in [6, 6.07) is 13.5. The third-order valence-electron chi connectivity index (χ3n) is 2.64. The van der Waals surface area contributed by atoms with Gasteiger partial charge in [-0.2, -0.15) is 0 Å². The summed E-state index contributed by atoms with van der Waals surface area (Å²) in [6.45, 7) is 0.519. The summed E-state index contributed by atoms with van der Waals surface area (Å²) in [4.78, 5) is 10.1. The Bertz CT molecular complexity index is 569. The molecule has 0 heterocycles. The maximum atomic E-state index is 10.6. The number of ether oxygens (including phenoxy) is 1. The standard InChI is InChI=1S/C14H13NO4/c16-14-7-6-13(15(17)18)8-12(14)10-19-9-11-4-2-1-3-5-11/h1-8,16H,9-10H2. The number of rotatable bonds is 5. The van der Waals surface area contributed by atoms with E-state index in [1.54, 1.807) is 0 Å². The van der Waals surface area contributed by atoms with Crippen molar-refractivity contribution in [3.05, 3.63) is 69.8 Å². The van der Waals surface area contributed by atoms with Gasteiger partial charge in [-0.15, -0.1) is 0 Å². The van der Waals surface area contributed by atoms with E-state index >= 15 is 0 Å². The smallest absolute Gasteiger partial charge is 0.270 e. The van der Waals surface area contributed by atoms with Gasteiger partial charge in [0.1, 0.15) is 5.75 Å². The van der Waals surface area contributed by atoms with Crippen LogP contribution in [0.2, 0.25) is 0 Å². The Labute approximate surface area is 110 Å². The molecule has 0 aliphatic heterocycles. The molecular weight excluding hydrogens is 246 g/mol. The van der Waals surface area contributed by atoms with Gasteiger partial charge in [0.25, 0.3) is 5.69 Å². The SMILES string of the molecule is O=[N+]([O-])c1ccc(O)c(COCc2ccccc2)c1. The first-order valence-electron chi connectivity index (χ1n) is 5.75. The normalized spacial score (nSPS) is 10.3. The molecule has 0 unspecified atom stereocenters. The van der Waals surface area contributed by atoms with Crippen LogP contribution in [-0.4, -0.2) is 10.0 Å². The Morgan fingerprint density at radius 2 is 1.84 bits per heavy atom. The lowest BCUT2D eigenvalue weighted by Gasteiger charge is -2.06. The van der Waals surface area contributed by atoms with Gasteiger partial charge in [-0.25, -0.2) is 0 Å². The third kappa shape index (κ3) is 3.53. The predicted octanol–water partition coefficient (Wildman–Crippen LogP) is 3.02. The lowest BCUT2D eigenvalue weighted by molar-refractivity contribution is -0.385. The lowest BCUT2D eigenvalue weighted by atomic mass is 10.2. The van der Waals surface area contributed by atoms with E-state index in [1.165, 1.54) is 18.2 Å². The molecule has 0 spiro atoms. The van der Waals surface area contributed by atoms with Gasteiger partial charge < -0.3 is 9.84 Å². The fraction of sp³-hybridized carbons (Fsp3) is 0.143. The number of nitrogens with zero attached hydrogens (tertiary/aromatic N) is 1. The summed E-state index contributed by atoms with van der Waals surface area (Å²) in [7, 11) is 0. The van der Waals surface area contributed by atoms with Crippen LogP contribution in [0.4, 0.5) is 5.69 Å². The van der Waals surface area contributed by atoms with E-state index in [4.69, 9.17) is 4.74 Å². The van der Waals surface area contributed by atoms with Crippen LogP contribution in [0, 0.1) is 10.1 Å². The van der Waals surface area contributed by atoms with Gasteiger partial charge in [-0.3, -0.25) is 10.1 Å². The fourth-order valence-corrected chi connectivity index (χ4v) is 1.65. The van der Waals surface area contributed by atoms with Crippen molar-refractivity contribution in [2.75, 3.05) is 0 Å². The number of non-ortho nitro benzene ring substituents is 1. The quantitative estimate of drug-likeness (QED) is 0.661. The Balaban J connectivity index is 1.99. The summed E-state index contributed by atoms with van der Waals surface area (Å²) in [6.07, 6.45) is 0. The van der Waals surface area contributed by atoms with Crippen LogP contribution in [0.15, 0.2) is 48.5 Å². The maximum Gasteiger partial charge on any atom is 0.270 e. The molecule has 0 amide bonds. The highest BCUT2D eigenvalue weighted by molar-refractivity contribution is 5.42. The molecule has 0 bridgehead atoms. The molecule has 0 atom stereocenters. The Hall–Kier alpha value is -2.40. The fourth-order valence-electron chi connectivity index (χ4n) is 1.65. The highest BCUT2D eigenvalue weighted by Crippen LogP contribution is 2.23. The Morgan fingerprint density at radius 1 is 1.11 bits per heavy atom. The maximum absolute atomic E-state index is 10.6. The van der Waals surface area contributed by atoms with Crippen molar-refractivity contribution in [1.82, 2.24) is 0 Å². The van der Waals surface area contributed by atoms with Crippen LogP contribution in [0.1, 0.15) is 11.1 Å². The highest BCUT2D eigenvalue weighted by Gasteiger charge is 2.10. The Morgan fingerprint density at radius 3 is 2.53 bits per heavy atom. The van der Waals surface area contributed by atoms with Gasteiger partial charge in [-0.05, 0) is 11.6 Å². The van der Waals surface area contributed by atoms with Crippen molar-refractivity contribution in [3.63, 3.8) is 0 Å². The summed E-state index contributed by atoms with van der Waals surface area (Å²) in [5.41, 5.74) is 1.36. The minimum atomic E-state index is -0.500. The molecule has 0 aromatic heterocycles. The monoisotopic (exact) mass is 259 g/mol. The average Bonchev–Trinajstić information content (AvgIpc) is 2.42. The molecule has 19 heavy (non-hydrogen) atoms. The van der Waals surface area contributed by atoms with Crippen LogP contribution in [0.5, 0.6) is 5.75 Å². The van der Waals surface area contributed by atoms with Crippen molar-refractivity contribution < 1.29 is 14.8 Å². The van der Waals surface area contributed by atoms with Gasteiger partial charge in [0, 0.05) is 17.7 Å². The van der Waals surface area contributed by atoms with Crippen molar-refractivity contribution in [2.45, 2.75) is 13.2 Å². The van der Waals surface area contributed by atoms with Gasteiger partial charge in [0.15, 0.2) is 0 Å². The topological polar surface area (TPSA) is 72.6 Å². The molecule has 0 fully saturated rings. The van der Waals surface area contributed by atoms with E-state index in [0.29, 0.717) is 12.2 Å². The molecule has 2 rings (SSSR count). The molecule has 0 saturated heterocycles. The second-order valence-corrected chi connectivity index (χ2v) is 4.05. The number of phenols is 1. The second-order valence-electron chi connectivity index (χ2n) is 4.05. The molecule has 0 radical (unpaired) electrons. The van der Waals surface area contributed by atoms with Crippen molar-refractivity contribution in [3.8, 4) is 5.75 Å². The molecule has 2 aromatic carbocycles. The molecule has 5 nitrogen and oxygen atoms in total. The number of hydrogen-bond acceptors (Lipinski definition) is 4. The van der Waals surface area contributed by atoms with E-state index in [0.717, 1.165) is 5.56 Å². The summed E-state index contributed by atoms with van der Waals surface area (Å²) in [5, 5.41) is 20.3. The molecule has 0 saturated carbocycles. The van der Waals surface area contributed by atoms with E-state index in [2.05, 4.69) is 0 Å². The highest BCUT2D eigenvalue weighted by atomic mass is 16.6. The van der Waals surface area contributed by atoms with Crippen molar-refractivity contribution >= 4 is 5.69 Å². The zero-order valence-corrected chi connectivity index (χ0v) is 10.2. The van der Waals surface area contributed by atoms with E-state index < -0.39 is 4.92 Å². The summed E-state index contributed by atoms with van der Waals surface area (Å²) < 4.78 is 5.44. The lowest BCUT2D eigenvalue weighted by Crippen LogP contribution is -1.96. The predicted molar refractivity (Wildman–Crippen MR) is 69.7 cm³/mol. The minimum Gasteiger partial charge on any atom is -0.508 e. The van der Waals surface area contributed by atoms with Gasteiger partial charge >= 0.3 is 0 Å². The first-order valence-corrected chi connectivity index (χ1v) is 5.75. The van der Waals surface area contributed by atoms with Crippen LogP contribution >= 0.6 is 0 Å².